The monoisotopic (exact) mass is 165 g/mol. The van der Waals surface area contributed by atoms with Gasteiger partial charge in [-0.05, 0) is 18.6 Å². The Morgan fingerprint density at radius 1 is 1.25 bits per heavy atom. The number of hydrogen-bond acceptors (Lipinski definition) is 1. The highest BCUT2D eigenvalue weighted by atomic mass is 16.1. The summed E-state index contributed by atoms with van der Waals surface area (Å²) in [5.74, 6) is 0. The predicted molar refractivity (Wildman–Crippen MR) is 50.5 cm³/mol. The molecule has 0 bridgehead atoms. The number of pyridine rings is 1. The van der Waals surface area contributed by atoms with E-state index >= 15 is 0 Å². The number of nitrogens with one attached hydrogen (secondary N) is 1. The number of aromatic amines is 1. The van der Waals surface area contributed by atoms with Crippen LogP contribution in [0.2, 0.25) is 0 Å². The smallest absolute Gasteiger partial charge is 0.248 e. The van der Waals surface area contributed by atoms with Crippen molar-refractivity contribution >= 4 is 0 Å². The van der Waals surface area contributed by atoms with Crippen LogP contribution in [0.15, 0.2) is 16.9 Å². The van der Waals surface area contributed by atoms with Crippen molar-refractivity contribution in [3.63, 3.8) is 0 Å². The van der Waals surface area contributed by atoms with Gasteiger partial charge in [0.15, 0.2) is 0 Å². The van der Waals surface area contributed by atoms with Gasteiger partial charge in [0, 0.05) is 17.2 Å². The molecule has 0 saturated carbocycles. The van der Waals surface area contributed by atoms with E-state index in [4.69, 9.17) is 0 Å². The van der Waals surface area contributed by atoms with E-state index in [0.29, 0.717) is 0 Å². The van der Waals surface area contributed by atoms with Gasteiger partial charge in [-0.2, -0.15) is 0 Å². The second-order valence-corrected chi connectivity index (χ2v) is 4.19. The molecule has 2 heteroatoms. The lowest BCUT2D eigenvalue weighted by molar-refractivity contribution is 0.566. The van der Waals surface area contributed by atoms with Crippen LogP contribution in [-0.2, 0) is 5.41 Å². The van der Waals surface area contributed by atoms with E-state index in [0.717, 1.165) is 11.3 Å². The minimum Gasteiger partial charge on any atom is -0.326 e. The highest BCUT2D eigenvalue weighted by Gasteiger charge is 2.14. The SMILES string of the molecule is Cc1cc(C(C)(C)C)[nH]c(=O)c1. The Balaban J connectivity index is 3.27. The molecule has 0 aliphatic rings. The predicted octanol–water partition coefficient (Wildman–Crippen LogP) is 1.98. The molecule has 1 aromatic rings. The van der Waals surface area contributed by atoms with Crippen molar-refractivity contribution in [2.24, 2.45) is 0 Å². The Morgan fingerprint density at radius 2 is 1.83 bits per heavy atom. The fraction of sp³-hybridized carbons (Fsp3) is 0.500. The summed E-state index contributed by atoms with van der Waals surface area (Å²) in [4.78, 5) is 13.9. The lowest BCUT2D eigenvalue weighted by atomic mass is 9.91. The molecular weight excluding hydrogens is 150 g/mol. The van der Waals surface area contributed by atoms with Crippen LogP contribution >= 0.6 is 0 Å². The van der Waals surface area contributed by atoms with Crippen LogP contribution in [0.25, 0.3) is 0 Å². The lowest BCUT2D eigenvalue weighted by Crippen LogP contribution is -2.19. The van der Waals surface area contributed by atoms with Crippen molar-refractivity contribution in [1.29, 1.82) is 0 Å². The molecule has 1 N–H and O–H groups in total. The number of hydrogen-bond donors (Lipinski definition) is 1. The highest BCUT2D eigenvalue weighted by molar-refractivity contribution is 5.19. The van der Waals surface area contributed by atoms with Gasteiger partial charge in [0.2, 0.25) is 5.56 Å². The van der Waals surface area contributed by atoms with Crippen LogP contribution < -0.4 is 5.56 Å². The number of aromatic nitrogens is 1. The average molecular weight is 165 g/mol. The van der Waals surface area contributed by atoms with Crippen LogP contribution in [-0.4, -0.2) is 4.98 Å². The van der Waals surface area contributed by atoms with Crippen molar-refractivity contribution in [1.82, 2.24) is 4.98 Å². The summed E-state index contributed by atoms with van der Waals surface area (Å²) in [5.41, 5.74) is 2.02. The third kappa shape index (κ3) is 1.97. The van der Waals surface area contributed by atoms with Gasteiger partial charge in [0.1, 0.15) is 0 Å². The molecule has 0 aromatic carbocycles. The van der Waals surface area contributed by atoms with Gasteiger partial charge in [0.05, 0.1) is 0 Å². The first-order valence-electron chi connectivity index (χ1n) is 4.11. The second-order valence-electron chi connectivity index (χ2n) is 4.19. The normalized spacial score (nSPS) is 11.7. The zero-order chi connectivity index (χ0) is 9.35. The van der Waals surface area contributed by atoms with E-state index < -0.39 is 0 Å². The Bertz CT molecular complexity index is 330. The maximum absolute atomic E-state index is 11.1. The fourth-order valence-corrected chi connectivity index (χ4v) is 1.09. The minimum atomic E-state index is -0.0140. The molecule has 0 amide bonds. The standard InChI is InChI=1S/C10H15NO/c1-7-5-8(10(2,3)4)11-9(12)6-7/h5-6H,1-4H3,(H,11,12). The van der Waals surface area contributed by atoms with E-state index in [1.165, 1.54) is 0 Å². The third-order valence-electron chi connectivity index (χ3n) is 1.80. The largest absolute Gasteiger partial charge is 0.326 e. The van der Waals surface area contributed by atoms with Crippen LogP contribution in [0.4, 0.5) is 0 Å². The fourth-order valence-electron chi connectivity index (χ4n) is 1.09. The molecule has 0 unspecified atom stereocenters. The maximum atomic E-state index is 11.1. The molecule has 2 nitrogen and oxygen atoms in total. The van der Waals surface area contributed by atoms with Gasteiger partial charge in [-0.3, -0.25) is 4.79 Å². The zero-order valence-corrected chi connectivity index (χ0v) is 8.06. The van der Waals surface area contributed by atoms with Crippen molar-refractivity contribution < 1.29 is 0 Å². The Hall–Kier alpha value is -1.05. The molecule has 1 aromatic heterocycles. The van der Waals surface area contributed by atoms with Crippen LogP contribution in [0.5, 0.6) is 0 Å². The molecule has 12 heavy (non-hydrogen) atoms. The first-order valence-corrected chi connectivity index (χ1v) is 4.11. The number of H-pyrrole nitrogens is 1. The highest BCUT2D eigenvalue weighted by Crippen LogP contribution is 2.18. The average Bonchev–Trinajstić information content (AvgIpc) is 1.82. The van der Waals surface area contributed by atoms with Crippen molar-refractivity contribution in [3.05, 3.63) is 33.7 Å². The summed E-state index contributed by atoms with van der Waals surface area (Å²) in [5, 5.41) is 0. The first-order chi connectivity index (χ1) is 5.39. The summed E-state index contributed by atoms with van der Waals surface area (Å²) >= 11 is 0. The third-order valence-corrected chi connectivity index (χ3v) is 1.80. The molecule has 66 valence electrons. The van der Waals surface area contributed by atoms with Gasteiger partial charge in [-0.1, -0.05) is 20.8 Å². The minimum absolute atomic E-state index is 0.0140. The van der Waals surface area contributed by atoms with E-state index in [2.05, 4.69) is 25.8 Å². The van der Waals surface area contributed by atoms with Crippen LogP contribution in [0.3, 0.4) is 0 Å². The van der Waals surface area contributed by atoms with Crippen molar-refractivity contribution in [2.45, 2.75) is 33.1 Å². The lowest BCUT2D eigenvalue weighted by Gasteiger charge is -2.18. The summed E-state index contributed by atoms with van der Waals surface area (Å²) in [7, 11) is 0. The Kier molecular flexibility index (Phi) is 2.09. The van der Waals surface area contributed by atoms with Gasteiger partial charge < -0.3 is 4.98 Å². The quantitative estimate of drug-likeness (QED) is 0.626. The molecule has 0 aliphatic carbocycles. The van der Waals surface area contributed by atoms with Crippen molar-refractivity contribution in [3.8, 4) is 0 Å². The molecule has 0 spiro atoms. The Morgan fingerprint density at radius 3 is 2.25 bits per heavy atom. The molecule has 0 radical (unpaired) electrons. The molecular formula is C10H15NO. The number of aryl methyl sites for hydroxylation is 1. The summed E-state index contributed by atoms with van der Waals surface area (Å²) in [6.07, 6.45) is 0. The molecule has 1 rings (SSSR count). The van der Waals surface area contributed by atoms with Crippen molar-refractivity contribution in [2.75, 3.05) is 0 Å². The molecule has 0 aliphatic heterocycles. The zero-order valence-electron chi connectivity index (χ0n) is 8.06. The molecule has 0 fully saturated rings. The number of rotatable bonds is 0. The molecule has 1 heterocycles. The van der Waals surface area contributed by atoms with E-state index in [-0.39, 0.29) is 11.0 Å². The van der Waals surface area contributed by atoms with E-state index in [1.807, 2.05) is 13.0 Å². The van der Waals surface area contributed by atoms with Crippen LogP contribution in [0, 0.1) is 6.92 Å². The summed E-state index contributed by atoms with van der Waals surface area (Å²) < 4.78 is 0. The molecule has 0 atom stereocenters. The Labute approximate surface area is 72.6 Å². The van der Waals surface area contributed by atoms with Gasteiger partial charge >= 0.3 is 0 Å². The first kappa shape index (κ1) is 9.04. The summed E-state index contributed by atoms with van der Waals surface area (Å²) in [6.45, 7) is 8.18. The van der Waals surface area contributed by atoms with Crippen LogP contribution in [0.1, 0.15) is 32.0 Å². The van der Waals surface area contributed by atoms with Gasteiger partial charge in [-0.25, -0.2) is 0 Å². The maximum Gasteiger partial charge on any atom is 0.248 e. The van der Waals surface area contributed by atoms with Gasteiger partial charge in [-0.15, -0.1) is 0 Å². The topological polar surface area (TPSA) is 32.9 Å². The van der Waals surface area contributed by atoms with Gasteiger partial charge in [0.25, 0.3) is 0 Å². The van der Waals surface area contributed by atoms with E-state index in [1.54, 1.807) is 6.07 Å². The van der Waals surface area contributed by atoms with E-state index in [9.17, 15) is 4.79 Å². The molecule has 0 saturated heterocycles. The summed E-state index contributed by atoms with van der Waals surface area (Å²) in [6, 6.07) is 3.62. The second kappa shape index (κ2) is 2.77.